The Morgan fingerprint density at radius 3 is 2.55 bits per heavy atom. The maximum Gasteiger partial charge on any atom is 0.273 e. The normalized spacial score (nSPS) is 14.5. The molecule has 174 valence electrons. The van der Waals surface area contributed by atoms with Gasteiger partial charge in [-0.2, -0.15) is 0 Å². The van der Waals surface area contributed by atoms with E-state index >= 15 is 0 Å². The fraction of sp³-hybridized carbons (Fsp3) is 0.333. The van der Waals surface area contributed by atoms with Crippen molar-refractivity contribution in [3.8, 4) is 16.3 Å². The molecule has 0 unspecified atom stereocenters. The second kappa shape index (κ2) is 10.8. The van der Waals surface area contributed by atoms with Gasteiger partial charge in [-0.05, 0) is 36.4 Å². The van der Waals surface area contributed by atoms with Gasteiger partial charge < -0.3 is 14.4 Å². The van der Waals surface area contributed by atoms with Crippen molar-refractivity contribution < 1.29 is 23.0 Å². The number of hydrogen-bond acceptors (Lipinski definition) is 6. The van der Waals surface area contributed by atoms with Crippen LogP contribution in [0.3, 0.4) is 0 Å². The third kappa shape index (κ3) is 5.93. The van der Waals surface area contributed by atoms with Crippen LogP contribution in [0.25, 0.3) is 10.6 Å². The number of hydrogen-bond donors (Lipinski definition) is 0. The van der Waals surface area contributed by atoms with E-state index in [1.165, 1.54) is 23.5 Å². The number of aromatic nitrogens is 1. The van der Waals surface area contributed by atoms with Crippen LogP contribution in [0.5, 0.6) is 5.75 Å². The van der Waals surface area contributed by atoms with Gasteiger partial charge in [-0.25, -0.2) is 13.8 Å². The molecule has 1 saturated heterocycles. The first-order chi connectivity index (χ1) is 16.0. The lowest BCUT2D eigenvalue weighted by molar-refractivity contribution is 0.0589. The molecular weight excluding hydrogens is 448 g/mol. The molecule has 1 aromatic heterocycles. The molecule has 1 aliphatic rings. The monoisotopic (exact) mass is 473 g/mol. The molecule has 0 saturated carbocycles. The zero-order valence-electron chi connectivity index (χ0n) is 18.3. The topological polar surface area (TPSA) is 54.9 Å². The van der Waals surface area contributed by atoms with Crippen LogP contribution in [-0.2, 0) is 11.3 Å². The SMILES string of the molecule is COCCN1CCN(C(=O)c2csc(-c3ccc(OCc4ccc(F)cc4F)cc3)n2)CC1. The standard InChI is InChI=1S/C24H25F2N3O3S/c1-31-13-12-28-8-10-29(11-9-28)24(30)22-16-33-23(27-22)17-3-6-20(7-4-17)32-15-18-2-5-19(25)14-21(18)26/h2-7,14,16H,8-13,15H2,1H3. The van der Waals surface area contributed by atoms with Gasteiger partial charge in [0.25, 0.3) is 5.91 Å². The summed E-state index contributed by atoms with van der Waals surface area (Å²) >= 11 is 1.41. The molecule has 9 heteroatoms. The highest BCUT2D eigenvalue weighted by molar-refractivity contribution is 7.13. The summed E-state index contributed by atoms with van der Waals surface area (Å²) in [7, 11) is 1.69. The average Bonchev–Trinajstić information content (AvgIpc) is 3.33. The van der Waals surface area contributed by atoms with E-state index in [2.05, 4.69) is 9.88 Å². The smallest absolute Gasteiger partial charge is 0.273 e. The number of rotatable bonds is 8. The fourth-order valence-electron chi connectivity index (χ4n) is 3.56. The number of amides is 1. The lowest BCUT2D eigenvalue weighted by Gasteiger charge is -2.34. The van der Waals surface area contributed by atoms with Crippen molar-refractivity contribution in [3.05, 3.63) is 70.7 Å². The molecule has 6 nitrogen and oxygen atoms in total. The first-order valence-corrected chi connectivity index (χ1v) is 11.5. The zero-order chi connectivity index (χ0) is 23.2. The van der Waals surface area contributed by atoms with E-state index in [1.807, 2.05) is 17.0 Å². The van der Waals surface area contributed by atoms with Crippen molar-refractivity contribution in [2.45, 2.75) is 6.61 Å². The molecule has 33 heavy (non-hydrogen) atoms. The molecule has 3 aromatic rings. The number of piperazine rings is 1. The zero-order valence-corrected chi connectivity index (χ0v) is 19.1. The van der Waals surface area contributed by atoms with Crippen molar-refractivity contribution in [1.29, 1.82) is 0 Å². The summed E-state index contributed by atoms with van der Waals surface area (Å²) < 4.78 is 37.5. The van der Waals surface area contributed by atoms with Crippen molar-refractivity contribution in [3.63, 3.8) is 0 Å². The second-order valence-electron chi connectivity index (χ2n) is 7.71. The summed E-state index contributed by atoms with van der Waals surface area (Å²) in [5, 5.41) is 2.53. The number of benzene rings is 2. The summed E-state index contributed by atoms with van der Waals surface area (Å²) in [5.41, 5.74) is 1.60. The minimum atomic E-state index is -0.636. The molecule has 1 fully saturated rings. The quantitative estimate of drug-likeness (QED) is 0.494. The Hall–Kier alpha value is -2.88. The van der Waals surface area contributed by atoms with E-state index in [4.69, 9.17) is 9.47 Å². The predicted molar refractivity (Wildman–Crippen MR) is 122 cm³/mol. The van der Waals surface area contributed by atoms with Gasteiger partial charge in [0.15, 0.2) is 0 Å². The Morgan fingerprint density at radius 1 is 1.09 bits per heavy atom. The predicted octanol–water partition coefficient (Wildman–Crippen LogP) is 4.07. The maximum absolute atomic E-state index is 13.7. The van der Waals surface area contributed by atoms with E-state index in [1.54, 1.807) is 24.6 Å². The number of ether oxygens (including phenoxy) is 2. The Morgan fingerprint density at radius 2 is 1.85 bits per heavy atom. The van der Waals surface area contributed by atoms with Crippen LogP contribution in [0, 0.1) is 11.6 Å². The number of carbonyl (C=O) groups excluding carboxylic acids is 1. The summed E-state index contributed by atoms with van der Waals surface area (Å²) in [6.45, 7) is 4.57. The fourth-order valence-corrected chi connectivity index (χ4v) is 4.36. The molecule has 0 N–H and O–H groups in total. The number of nitrogens with zero attached hydrogens (tertiary/aromatic N) is 3. The summed E-state index contributed by atoms with van der Waals surface area (Å²) in [6, 6.07) is 10.6. The van der Waals surface area contributed by atoms with Crippen LogP contribution >= 0.6 is 11.3 Å². The Bertz CT molecular complexity index is 1080. The molecular formula is C24H25F2N3O3S. The molecule has 0 spiro atoms. The van der Waals surface area contributed by atoms with Crippen LogP contribution in [0.4, 0.5) is 8.78 Å². The Kier molecular flexibility index (Phi) is 7.64. The summed E-state index contributed by atoms with van der Waals surface area (Å²) in [4.78, 5) is 21.5. The van der Waals surface area contributed by atoms with Crippen LogP contribution in [0.15, 0.2) is 47.8 Å². The molecule has 0 atom stereocenters. The lowest BCUT2D eigenvalue weighted by atomic mass is 10.2. The number of thiazole rings is 1. The molecule has 2 heterocycles. The molecule has 2 aromatic carbocycles. The molecule has 4 rings (SSSR count). The van der Waals surface area contributed by atoms with E-state index in [9.17, 15) is 13.6 Å². The second-order valence-corrected chi connectivity index (χ2v) is 8.57. The van der Waals surface area contributed by atoms with Crippen LogP contribution in [-0.4, -0.2) is 67.1 Å². The minimum absolute atomic E-state index is 0.0000932. The highest BCUT2D eigenvalue weighted by atomic mass is 32.1. The Balaban J connectivity index is 1.33. The highest BCUT2D eigenvalue weighted by Crippen LogP contribution is 2.27. The van der Waals surface area contributed by atoms with E-state index in [-0.39, 0.29) is 18.1 Å². The van der Waals surface area contributed by atoms with Gasteiger partial charge in [0.1, 0.15) is 34.7 Å². The van der Waals surface area contributed by atoms with Crippen molar-refractivity contribution in [2.75, 3.05) is 46.4 Å². The molecule has 1 aliphatic heterocycles. The molecule has 0 radical (unpaired) electrons. The highest BCUT2D eigenvalue weighted by Gasteiger charge is 2.23. The van der Waals surface area contributed by atoms with Gasteiger partial charge in [0.05, 0.1) is 6.61 Å². The maximum atomic E-state index is 13.7. The molecule has 1 amide bonds. The Labute approximate surface area is 195 Å². The van der Waals surface area contributed by atoms with E-state index in [0.717, 1.165) is 36.3 Å². The number of methoxy groups -OCH3 is 1. The van der Waals surface area contributed by atoms with Crippen molar-refractivity contribution in [1.82, 2.24) is 14.8 Å². The third-order valence-electron chi connectivity index (χ3n) is 5.51. The van der Waals surface area contributed by atoms with Gasteiger partial charge in [-0.15, -0.1) is 11.3 Å². The van der Waals surface area contributed by atoms with E-state index in [0.29, 0.717) is 31.1 Å². The molecule has 0 bridgehead atoms. The van der Waals surface area contributed by atoms with Gasteiger partial charge in [0, 0.05) is 62.4 Å². The third-order valence-corrected chi connectivity index (χ3v) is 6.40. The van der Waals surface area contributed by atoms with Gasteiger partial charge >= 0.3 is 0 Å². The van der Waals surface area contributed by atoms with Gasteiger partial charge in [-0.3, -0.25) is 9.69 Å². The van der Waals surface area contributed by atoms with Crippen LogP contribution in [0.2, 0.25) is 0 Å². The lowest BCUT2D eigenvalue weighted by Crippen LogP contribution is -2.49. The van der Waals surface area contributed by atoms with E-state index < -0.39 is 11.6 Å². The van der Waals surface area contributed by atoms with Gasteiger partial charge in [-0.1, -0.05) is 0 Å². The molecule has 0 aliphatic carbocycles. The van der Waals surface area contributed by atoms with Crippen molar-refractivity contribution in [2.24, 2.45) is 0 Å². The first kappa shape index (κ1) is 23.3. The van der Waals surface area contributed by atoms with Crippen LogP contribution in [0.1, 0.15) is 16.1 Å². The first-order valence-electron chi connectivity index (χ1n) is 10.7. The van der Waals surface area contributed by atoms with Crippen molar-refractivity contribution >= 4 is 17.2 Å². The summed E-state index contributed by atoms with van der Waals surface area (Å²) in [6.07, 6.45) is 0. The van der Waals surface area contributed by atoms with Gasteiger partial charge in [0.2, 0.25) is 0 Å². The largest absolute Gasteiger partial charge is 0.489 e. The number of carbonyl (C=O) groups is 1. The number of halogens is 2. The average molecular weight is 474 g/mol. The van der Waals surface area contributed by atoms with Crippen LogP contribution < -0.4 is 4.74 Å². The summed E-state index contributed by atoms with van der Waals surface area (Å²) in [5.74, 6) is -0.749. The minimum Gasteiger partial charge on any atom is -0.489 e.